The van der Waals surface area contributed by atoms with Crippen LogP contribution in [0.25, 0.3) is 0 Å². The number of nitriles is 1. The van der Waals surface area contributed by atoms with E-state index in [0.29, 0.717) is 24.2 Å². The molecule has 3 rings (SSSR count). The molecule has 1 heterocycles. The van der Waals surface area contributed by atoms with Gasteiger partial charge in [0, 0.05) is 19.6 Å². The van der Waals surface area contributed by atoms with Gasteiger partial charge in [-0.3, -0.25) is 0 Å². The Morgan fingerprint density at radius 2 is 1.61 bits per heavy atom. The zero-order valence-corrected chi connectivity index (χ0v) is 16.7. The van der Waals surface area contributed by atoms with Crippen molar-refractivity contribution in [2.45, 2.75) is 31.5 Å². The molecule has 1 aliphatic heterocycles. The van der Waals surface area contributed by atoms with Gasteiger partial charge in [0.2, 0.25) is 0 Å². The molecule has 0 amide bonds. The lowest BCUT2D eigenvalue weighted by Gasteiger charge is -2.38. The van der Waals surface area contributed by atoms with Gasteiger partial charge >= 0.3 is 0 Å². The Balaban J connectivity index is 0.00000280. The quantitative estimate of drug-likeness (QED) is 0.744. The molecule has 1 fully saturated rings. The largest absolute Gasteiger partial charge is 0.491 e. The molecule has 0 unspecified atom stereocenters. The van der Waals surface area contributed by atoms with E-state index in [2.05, 4.69) is 11.0 Å². The third-order valence-electron chi connectivity index (χ3n) is 5.20. The summed E-state index contributed by atoms with van der Waals surface area (Å²) in [6.45, 7) is 2.95. The average molecular weight is 403 g/mol. The van der Waals surface area contributed by atoms with Gasteiger partial charge in [-0.1, -0.05) is 24.3 Å². The van der Waals surface area contributed by atoms with Crippen LogP contribution in [-0.2, 0) is 13.0 Å². The SMILES string of the molecule is Cl.N#Cc1ccc(CCN2CCC(O)(COc3ccc(CO)cc3)CC2)cc1. The first-order valence-corrected chi connectivity index (χ1v) is 9.37. The van der Waals surface area contributed by atoms with Crippen molar-refractivity contribution in [1.29, 1.82) is 5.26 Å². The van der Waals surface area contributed by atoms with Crippen LogP contribution in [0.2, 0.25) is 0 Å². The van der Waals surface area contributed by atoms with E-state index in [9.17, 15) is 5.11 Å². The van der Waals surface area contributed by atoms with Crippen LogP contribution in [0, 0.1) is 11.3 Å². The van der Waals surface area contributed by atoms with Crippen LogP contribution < -0.4 is 4.74 Å². The number of aliphatic hydroxyl groups is 2. The summed E-state index contributed by atoms with van der Waals surface area (Å²) in [6.07, 6.45) is 2.32. The minimum atomic E-state index is -0.791. The van der Waals surface area contributed by atoms with Crippen LogP contribution in [0.4, 0.5) is 0 Å². The maximum Gasteiger partial charge on any atom is 0.119 e. The second-order valence-corrected chi connectivity index (χ2v) is 7.22. The number of halogens is 1. The second kappa shape index (κ2) is 10.4. The Bertz CT molecular complexity index is 764. The highest BCUT2D eigenvalue weighted by molar-refractivity contribution is 5.85. The number of piperidine rings is 1. The van der Waals surface area contributed by atoms with Gasteiger partial charge in [0.1, 0.15) is 18.0 Å². The standard InChI is InChI=1S/C22H26N2O3.ClH/c23-15-19-3-1-18(2-4-19)9-12-24-13-10-22(26,11-14-24)17-27-21-7-5-20(16-25)6-8-21;/h1-8,25-26H,9-14,16-17H2;1H. The maximum absolute atomic E-state index is 10.8. The van der Waals surface area contributed by atoms with Crippen LogP contribution in [0.5, 0.6) is 5.75 Å². The zero-order chi connectivity index (χ0) is 19.1. The molecular formula is C22H27ClN2O3. The highest BCUT2D eigenvalue weighted by atomic mass is 35.5. The van der Waals surface area contributed by atoms with Crippen LogP contribution in [-0.4, -0.2) is 47.0 Å². The summed E-state index contributed by atoms with van der Waals surface area (Å²) >= 11 is 0. The number of ether oxygens (including phenoxy) is 1. The molecule has 150 valence electrons. The highest BCUT2D eigenvalue weighted by Gasteiger charge is 2.33. The van der Waals surface area contributed by atoms with Crippen LogP contribution >= 0.6 is 12.4 Å². The molecule has 1 aliphatic rings. The minimum absolute atomic E-state index is 0. The first-order valence-electron chi connectivity index (χ1n) is 9.37. The molecule has 0 aromatic heterocycles. The molecule has 0 bridgehead atoms. The number of hydrogen-bond acceptors (Lipinski definition) is 5. The molecule has 0 saturated carbocycles. The van der Waals surface area contributed by atoms with E-state index in [4.69, 9.17) is 15.1 Å². The summed E-state index contributed by atoms with van der Waals surface area (Å²) in [5, 5.41) is 28.7. The summed E-state index contributed by atoms with van der Waals surface area (Å²) < 4.78 is 5.76. The third-order valence-corrected chi connectivity index (χ3v) is 5.20. The normalized spacial score (nSPS) is 16.0. The van der Waals surface area contributed by atoms with Crippen molar-refractivity contribution in [2.24, 2.45) is 0 Å². The van der Waals surface area contributed by atoms with Gasteiger partial charge in [0.25, 0.3) is 0 Å². The molecule has 0 radical (unpaired) electrons. The van der Waals surface area contributed by atoms with Gasteiger partial charge in [-0.15, -0.1) is 12.4 Å². The summed E-state index contributed by atoms with van der Waals surface area (Å²) in [7, 11) is 0. The fraction of sp³-hybridized carbons (Fsp3) is 0.409. The summed E-state index contributed by atoms with van der Waals surface area (Å²) in [5.41, 5.74) is 1.97. The monoisotopic (exact) mass is 402 g/mol. The molecule has 0 aliphatic carbocycles. The lowest BCUT2D eigenvalue weighted by molar-refractivity contribution is -0.0521. The van der Waals surface area contributed by atoms with E-state index in [1.807, 2.05) is 48.5 Å². The zero-order valence-electron chi connectivity index (χ0n) is 15.9. The van der Waals surface area contributed by atoms with Crippen LogP contribution in [0.1, 0.15) is 29.5 Å². The van der Waals surface area contributed by atoms with Crippen molar-refractivity contribution >= 4 is 12.4 Å². The van der Waals surface area contributed by atoms with Crippen molar-refractivity contribution in [3.63, 3.8) is 0 Å². The van der Waals surface area contributed by atoms with E-state index in [1.54, 1.807) is 0 Å². The number of hydrogen-bond donors (Lipinski definition) is 2. The number of likely N-dealkylation sites (tertiary alicyclic amines) is 1. The number of nitrogens with zero attached hydrogens (tertiary/aromatic N) is 2. The van der Waals surface area contributed by atoms with Crippen molar-refractivity contribution in [3.8, 4) is 11.8 Å². The van der Waals surface area contributed by atoms with Crippen molar-refractivity contribution in [3.05, 3.63) is 65.2 Å². The molecule has 1 saturated heterocycles. The molecule has 2 N–H and O–H groups in total. The molecule has 0 spiro atoms. The van der Waals surface area contributed by atoms with E-state index in [0.717, 1.165) is 31.6 Å². The van der Waals surface area contributed by atoms with Crippen molar-refractivity contribution in [1.82, 2.24) is 4.90 Å². The van der Waals surface area contributed by atoms with Gasteiger partial charge in [-0.25, -0.2) is 0 Å². The summed E-state index contributed by atoms with van der Waals surface area (Å²) in [6, 6.07) is 17.2. The third kappa shape index (κ3) is 6.22. The first-order chi connectivity index (χ1) is 13.1. The Kier molecular flexibility index (Phi) is 8.28. The molecule has 5 nitrogen and oxygen atoms in total. The number of aliphatic hydroxyl groups excluding tert-OH is 1. The lowest BCUT2D eigenvalue weighted by Crippen LogP contribution is -2.48. The van der Waals surface area contributed by atoms with Crippen molar-refractivity contribution < 1.29 is 14.9 Å². The minimum Gasteiger partial charge on any atom is -0.491 e. The maximum atomic E-state index is 10.8. The molecule has 2 aromatic rings. The Labute approximate surface area is 172 Å². The Morgan fingerprint density at radius 1 is 1.00 bits per heavy atom. The highest BCUT2D eigenvalue weighted by Crippen LogP contribution is 2.24. The van der Waals surface area contributed by atoms with Crippen molar-refractivity contribution in [2.75, 3.05) is 26.2 Å². The van der Waals surface area contributed by atoms with Gasteiger partial charge in [-0.2, -0.15) is 5.26 Å². The van der Waals surface area contributed by atoms with Gasteiger partial charge < -0.3 is 19.8 Å². The second-order valence-electron chi connectivity index (χ2n) is 7.22. The average Bonchev–Trinajstić information content (AvgIpc) is 2.73. The van der Waals surface area contributed by atoms with E-state index in [1.165, 1.54) is 5.56 Å². The van der Waals surface area contributed by atoms with Gasteiger partial charge in [-0.05, 0) is 54.7 Å². The van der Waals surface area contributed by atoms with Crippen LogP contribution in [0.15, 0.2) is 48.5 Å². The first kappa shape index (κ1) is 22.2. The summed E-state index contributed by atoms with van der Waals surface area (Å²) in [5.74, 6) is 0.712. The van der Waals surface area contributed by atoms with E-state index < -0.39 is 5.60 Å². The smallest absolute Gasteiger partial charge is 0.119 e. The molecule has 2 aromatic carbocycles. The fourth-order valence-corrected chi connectivity index (χ4v) is 3.28. The van der Waals surface area contributed by atoms with Gasteiger partial charge in [0.15, 0.2) is 0 Å². The topological polar surface area (TPSA) is 76.7 Å². The lowest BCUT2D eigenvalue weighted by atomic mass is 9.92. The molecule has 0 atom stereocenters. The predicted molar refractivity (Wildman–Crippen MR) is 111 cm³/mol. The molecule has 28 heavy (non-hydrogen) atoms. The Hall–Kier alpha value is -2.10. The Morgan fingerprint density at radius 3 is 2.18 bits per heavy atom. The van der Waals surface area contributed by atoms with E-state index in [-0.39, 0.29) is 25.6 Å². The number of benzene rings is 2. The predicted octanol–water partition coefficient (Wildman–Crippen LogP) is 2.92. The van der Waals surface area contributed by atoms with E-state index >= 15 is 0 Å². The number of rotatable bonds is 7. The van der Waals surface area contributed by atoms with Gasteiger partial charge in [0.05, 0.1) is 18.2 Å². The summed E-state index contributed by atoms with van der Waals surface area (Å²) in [4.78, 5) is 2.36. The fourth-order valence-electron chi connectivity index (χ4n) is 3.28. The molecular weight excluding hydrogens is 376 g/mol. The van der Waals surface area contributed by atoms with Crippen LogP contribution in [0.3, 0.4) is 0 Å². The molecule has 6 heteroatoms.